The minimum Gasteiger partial charge on any atom is -0.477 e. The number of nitrogen functional groups attached to an aromatic ring is 1. The maximum atomic E-state index is 12.9. The topological polar surface area (TPSA) is 178 Å². The molecule has 176 valence electrons. The molecule has 33 heavy (non-hydrogen) atoms. The van der Waals surface area contributed by atoms with Crippen molar-refractivity contribution in [3.05, 3.63) is 22.3 Å². The first kappa shape index (κ1) is 23.1. The molecule has 0 spiro atoms. The molecule has 0 aliphatic carbocycles. The van der Waals surface area contributed by atoms with Gasteiger partial charge in [-0.15, -0.1) is 23.1 Å². The Hall–Kier alpha value is -3.05. The minimum absolute atomic E-state index is 0.0655. The highest BCUT2D eigenvalue weighted by molar-refractivity contribution is 8.00. The van der Waals surface area contributed by atoms with Gasteiger partial charge in [0, 0.05) is 23.9 Å². The molecule has 2 atom stereocenters. The van der Waals surface area contributed by atoms with E-state index < -0.39 is 29.2 Å². The lowest BCUT2D eigenvalue weighted by molar-refractivity contribution is -0.150. The van der Waals surface area contributed by atoms with Crippen LogP contribution in [0.15, 0.2) is 32.3 Å². The molecule has 1 aromatic rings. The summed E-state index contributed by atoms with van der Waals surface area (Å²) in [6.45, 7) is 0.475. The Bertz CT molecular complexity index is 1070. The first-order valence-corrected chi connectivity index (χ1v) is 12.2. The summed E-state index contributed by atoms with van der Waals surface area (Å²) in [5.74, 6) is -1.67. The van der Waals surface area contributed by atoms with Crippen LogP contribution in [0.4, 0.5) is 5.13 Å². The van der Waals surface area contributed by atoms with Crippen LogP contribution in [0.2, 0.25) is 0 Å². The number of hydrogen-bond donors (Lipinski definition) is 3. The van der Waals surface area contributed by atoms with Crippen molar-refractivity contribution >= 4 is 63.7 Å². The van der Waals surface area contributed by atoms with Crippen molar-refractivity contribution in [2.24, 2.45) is 15.6 Å². The van der Waals surface area contributed by atoms with Crippen molar-refractivity contribution in [3.8, 4) is 0 Å². The number of aromatic nitrogens is 1. The average Bonchev–Trinajstić information content (AvgIpc) is 3.40. The van der Waals surface area contributed by atoms with Crippen LogP contribution in [0.25, 0.3) is 0 Å². The normalized spacial score (nSPS) is 22.4. The molecular formula is C16H19N9O5S3. The maximum absolute atomic E-state index is 12.9. The number of thiazole rings is 1. The lowest BCUT2D eigenvalue weighted by Gasteiger charge is -2.49. The van der Waals surface area contributed by atoms with Gasteiger partial charge in [0.15, 0.2) is 10.8 Å². The molecule has 0 bridgehead atoms. The smallest absolute Gasteiger partial charge is 0.352 e. The fourth-order valence-electron chi connectivity index (χ4n) is 3.26. The highest BCUT2D eigenvalue weighted by Crippen LogP contribution is 2.41. The van der Waals surface area contributed by atoms with Crippen molar-refractivity contribution in [3.63, 3.8) is 0 Å². The summed E-state index contributed by atoms with van der Waals surface area (Å²) in [5, 5.41) is 26.8. The number of carboxylic acids is 1. The fraction of sp³-hybridized carbons (Fsp3) is 0.438. The first-order valence-electron chi connectivity index (χ1n) is 9.36. The molecule has 4 heterocycles. The maximum Gasteiger partial charge on any atom is 0.352 e. The van der Waals surface area contributed by atoms with E-state index in [1.807, 2.05) is 0 Å². The number of amides is 2. The SMILES string of the molecule is CO/N=C(\C(=O)NC1C(=O)N2C(C(=O)O)=C(CSN3CN(C)N=N3)CS[C@H]12)c1csc(N)n1. The number of rotatable bonds is 8. The molecule has 4 rings (SSSR count). The second-order valence-corrected chi connectivity index (χ2v) is 9.88. The molecule has 1 unspecified atom stereocenters. The molecule has 3 aliphatic heterocycles. The molecule has 3 aliphatic rings. The zero-order valence-corrected chi connectivity index (χ0v) is 19.8. The van der Waals surface area contributed by atoms with Gasteiger partial charge in [0.05, 0.1) is 0 Å². The molecular weight excluding hydrogens is 494 g/mol. The third-order valence-corrected chi connectivity index (χ3v) is 7.68. The van der Waals surface area contributed by atoms with Crippen LogP contribution in [0.3, 0.4) is 0 Å². The van der Waals surface area contributed by atoms with E-state index in [2.05, 4.69) is 25.9 Å². The second kappa shape index (κ2) is 9.44. The monoisotopic (exact) mass is 513 g/mol. The molecule has 1 fully saturated rings. The Morgan fingerprint density at radius 2 is 2.24 bits per heavy atom. The molecule has 0 radical (unpaired) electrons. The molecule has 2 amide bonds. The third-order valence-electron chi connectivity index (χ3n) is 4.70. The van der Waals surface area contributed by atoms with Gasteiger partial charge in [-0.3, -0.25) is 19.5 Å². The molecule has 1 saturated heterocycles. The summed E-state index contributed by atoms with van der Waals surface area (Å²) in [7, 11) is 3.05. The predicted molar refractivity (Wildman–Crippen MR) is 122 cm³/mol. The zero-order valence-electron chi connectivity index (χ0n) is 17.4. The van der Waals surface area contributed by atoms with Gasteiger partial charge in [0.2, 0.25) is 0 Å². The summed E-state index contributed by atoms with van der Waals surface area (Å²) < 4.78 is 1.63. The van der Waals surface area contributed by atoms with Gasteiger partial charge in [-0.1, -0.05) is 10.4 Å². The summed E-state index contributed by atoms with van der Waals surface area (Å²) in [5.41, 5.74) is 6.24. The predicted octanol–water partition coefficient (Wildman–Crippen LogP) is -0.0503. The van der Waals surface area contributed by atoms with Crippen LogP contribution < -0.4 is 11.1 Å². The van der Waals surface area contributed by atoms with Gasteiger partial charge in [-0.05, 0) is 22.7 Å². The van der Waals surface area contributed by atoms with Crippen LogP contribution in [-0.4, -0.2) is 91.7 Å². The summed E-state index contributed by atoms with van der Waals surface area (Å²) in [6, 6.07) is -0.912. The lowest BCUT2D eigenvalue weighted by atomic mass is 10.0. The van der Waals surface area contributed by atoms with Gasteiger partial charge >= 0.3 is 5.97 Å². The first-order chi connectivity index (χ1) is 15.8. The summed E-state index contributed by atoms with van der Waals surface area (Å²) >= 11 is 3.81. The number of β-lactam (4-membered cyclic amide) rings is 1. The van der Waals surface area contributed by atoms with Crippen LogP contribution in [0, 0.1) is 0 Å². The summed E-state index contributed by atoms with van der Waals surface area (Å²) in [4.78, 5) is 47.6. The Labute approximate surface area is 200 Å². The number of nitrogens with one attached hydrogen (secondary N) is 1. The lowest BCUT2D eigenvalue weighted by Crippen LogP contribution is -2.71. The quantitative estimate of drug-likeness (QED) is 0.184. The molecule has 14 nitrogen and oxygen atoms in total. The number of hydrogen-bond acceptors (Lipinski definition) is 14. The Morgan fingerprint density at radius 3 is 2.85 bits per heavy atom. The fourth-order valence-corrected chi connectivity index (χ4v) is 6.16. The average molecular weight is 514 g/mol. The highest BCUT2D eigenvalue weighted by Gasteiger charge is 2.54. The van der Waals surface area contributed by atoms with E-state index in [9.17, 15) is 19.5 Å². The van der Waals surface area contributed by atoms with Crippen LogP contribution >= 0.6 is 35.0 Å². The van der Waals surface area contributed by atoms with E-state index >= 15 is 0 Å². The number of aliphatic carboxylic acids is 1. The van der Waals surface area contributed by atoms with Crippen LogP contribution in [0.5, 0.6) is 0 Å². The van der Waals surface area contributed by atoms with Gasteiger partial charge in [0.25, 0.3) is 11.8 Å². The van der Waals surface area contributed by atoms with E-state index in [4.69, 9.17) is 10.6 Å². The van der Waals surface area contributed by atoms with Gasteiger partial charge in [-0.25, -0.2) is 9.78 Å². The highest BCUT2D eigenvalue weighted by atomic mass is 32.2. The summed E-state index contributed by atoms with van der Waals surface area (Å²) in [6.07, 6.45) is 0. The molecule has 4 N–H and O–H groups in total. The number of anilines is 1. The Kier molecular flexibility index (Phi) is 6.61. The standard InChI is InChI=1S/C16H19N9O5S3/c1-23-6-24(22-21-23)33-4-7-3-31-14-10(13(27)25(14)11(7)15(28)29)19-12(26)9(20-30-2)8-5-32-16(17)18-8/h5,10,14H,3-4,6H2,1-2H3,(H2,17,18)(H,19,26)(H,28,29)/b20-9-/t10?,14-/m1/s1. The Balaban J connectivity index is 1.46. The van der Waals surface area contributed by atoms with E-state index in [-0.39, 0.29) is 22.2 Å². The van der Waals surface area contributed by atoms with E-state index in [1.165, 1.54) is 35.7 Å². The van der Waals surface area contributed by atoms with Crippen LogP contribution in [-0.2, 0) is 19.2 Å². The molecule has 1 aromatic heterocycles. The number of carboxylic acid groups (broad SMARTS) is 1. The number of thioether (sulfide) groups is 1. The number of carbonyl (C=O) groups is 3. The largest absolute Gasteiger partial charge is 0.477 e. The van der Waals surface area contributed by atoms with Crippen molar-refractivity contribution in [1.29, 1.82) is 0 Å². The number of oxime groups is 1. The van der Waals surface area contributed by atoms with Gasteiger partial charge in [0.1, 0.15) is 36.6 Å². The zero-order chi connectivity index (χ0) is 23.7. The van der Waals surface area contributed by atoms with Crippen molar-refractivity contribution in [1.82, 2.24) is 24.6 Å². The second-order valence-electron chi connectivity index (χ2n) is 6.92. The van der Waals surface area contributed by atoms with E-state index in [0.29, 0.717) is 23.7 Å². The Morgan fingerprint density at radius 1 is 1.45 bits per heavy atom. The van der Waals surface area contributed by atoms with Gasteiger partial charge < -0.3 is 21.0 Å². The van der Waals surface area contributed by atoms with E-state index in [1.54, 1.807) is 21.9 Å². The van der Waals surface area contributed by atoms with Gasteiger partial charge in [-0.2, -0.15) is 4.41 Å². The molecule has 17 heteroatoms. The van der Waals surface area contributed by atoms with E-state index in [0.717, 1.165) is 11.3 Å². The third kappa shape index (κ3) is 4.55. The van der Waals surface area contributed by atoms with Crippen molar-refractivity contribution in [2.75, 3.05) is 38.1 Å². The van der Waals surface area contributed by atoms with Crippen molar-refractivity contribution < 1.29 is 24.3 Å². The number of nitrogens with zero attached hydrogens (tertiary/aromatic N) is 7. The minimum atomic E-state index is -1.20. The number of fused-ring (bicyclic) bond motifs is 1. The molecule has 0 aromatic carbocycles. The van der Waals surface area contributed by atoms with Crippen molar-refractivity contribution in [2.45, 2.75) is 11.4 Å². The molecule has 0 saturated carbocycles. The van der Waals surface area contributed by atoms with Crippen LogP contribution in [0.1, 0.15) is 5.69 Å². The number of carbonyl (C=O) groups excluding carboxylic acids is 2. The number of nitrogens with two attached hydrogens (primary N) is 1.